The van der Waals surface area contributed by atoms with Crippen LogP contribution in [-0.2, 0) is 9.53 Å². The van der Waals surface area contributed by atoms with Gasteiger partial charge in [-0.05, 0) is 39.2 Å². The summed E-state index contributed by atoms with van der Waals surface area (Å²) in [5.74, 6) is 0.271. The molecule has 4 nitrogen and oxygen atoms in total. The van der Waals surface area contributed by atoms with Gasteiger partial charge in [0.1, 0.15) is 0 Å². The van der Waals surface area contributed by atoms with Crippen LogP contribution < -0.4 is 5.32 Å². The average molecular weight is 240 g/mol. The highest BCUT2D eigenvalue weighted by atomic mass is 16.5. The number of nitrogens with one attached hydrogen (secondary N) is 1. The molecular weight excluding hydrogens is 216 g/mol. The van der Waals surface area contributed by atoms with Crippen molar-refractivity contribution < 1.29 is 9.53 Å². The first-order chi connectivity index (χ1) is 8.14. The Balaban J connectivity index is 1.94. The van der Waals surface area contributed by atoms with Crippen molar-refractivity contribution in [3.8, 4) is 0 Å². The molecule has 17 heavy (non-hydrogen) atoms. The monoisotopic (exact) mass is 240 g/mol. The molecule has 98 valence electrons. The van der Waals surface area contributed by atoms with Crippen LogP contribution in [0.2, 0.25) is 0 Å². The zero-order valence-corrected chi connectivity index (χ0v) is 11.0. The van der Waals surface area contributed by atoms with Gasteiger partial charge in [0.2, 0.25) is 5.91 Å². The number of ether oxygens (including phenoxy) is 1. The minimum atomic E-state index is -0.150. The maximum atomic E-state index is 12.4. The summed E-state index contributed by atoms with van der Waals surface area (Å²) >= 11 is 0. The SMILES string of the molecule is COC1(C)CCCN(C(=O)[C@H]2CCCCN2)C1. The number of rotatable bonds is 2. The van der Waals surface area contributed by atoms with E-state index in [0.717, 1.165) is 38.9 Å². The van der Waals surface area contributed by atoms with E-state index in [2.05, 4.69) is 12.2 Å². The largest absolute Gasteiger partial charge is 0.377 e. The molecule has 0 aliphatic carbocycles. The molecule has 1 amide bonds. The predicted molar refractivity (Wildman–Crippen MR) is 66.9 cm³/mol. The van der Waals surface area contributed by atoms with Crippen molar-refractivity contribution >= 4 is 5.91 Å². The topological polar surface area (TPSA) is 41.6 Å². The van der Waals surface area contributed by atoms with Crippen LogP contribution in [0.3, 0.4) is 0 Å². The van der Waals surface area contributed by atoms with Gasteiger partial charge in [-0.15, -0.1) is 0 Å². The van der Waals surface area contributed by atoms with Crippen molar-refractivity contribution in [2.75, 3.05) is 26.7 Å². The smallest absolute Gasteiger partial charge is 0.239 e. The highest BCUT2D eigenvalue weighted by Gasteiger charge is 2.35. The number of methoxy groups -OCH3 is 1. The first-order valence-electron chi connectivity index (χ1n) is 6.72. The molecule has 2 rings (SSSR count). The maximum Gasteiger partial charge on any atom is 0.239 e. The maximum absolute atomic E-state index is 12.4. The van der Waals surface area contributed by atoms with Gasteiger partial charge in [0, 0.05) is 20.2 Å². The minimum Gasteiger partial charge on any atom is -0.377 e. The Morgan fingerprint density at radius 2 is 2.24 bits per heavy atom. The Morgan fingerprint density at radius 1 is 1.41 bits per heavy atom. The second kappa shape index (κ2) is 5.36. The predicted octanol–water partition coefficient (Wildman–Crippen LogP) is 1.16. The number of piperidine rings is 2. The van der Waals surface area contributed by atoms with Crippen molar-refractivity contribution in [1.29, 1.82) is 0 Å². The van der Waals surface area contributed by atoms with Gasteiger partial charge in [-0.3, -0.25) is 4.79 Å². The molecule has 2 saturated heterocycles. The van der Waals surface area contributed by atoms with E-state index in [1.165, 1.54) is 12.8 Å². The molecule has 2 aliphatic rings. The Labute approximate surface area is 104 Å². The first kappa shape index (κ1) is 12.8. The molecule has 1 N–H and O–H groups in total. The lowest BCUT2D eigenvalue weighted by Gasteiger charge is -2.41. The van der Waals surface area contributed by atoms with E-state index >= 15 is 0 Å². The Hall–Kier alpha value is -0.610. The Morgan fingerprint density at radius 3 is 2.88 bits per heavy atom. The second-order valence-electron chi connectivity index (χ2n) is 5.52. The fourth-order valence-corrected chi connectivity index (χ4v) is 2.84. The van der Waals surface area contributed by atoms with Crippen LogP contribution in [0, 0.1) is 0 Å². The molecule has 0 saturated carbocycles. The summed E-state index contributed by atoms with van der Waals surface area (Å²) in [5, 5.41) is 3.33. The van der Waals surface area contributed by atoms with Gasteiger partial charge >= 0.3 is 0 Å². The highest BCUT2D eigenvalue weighted by Crippen LogP contribution is 2.25. The van der Waals surface area contributed by atoms with Crippen LogP contribution in [-0.4, -0.2) is 49.2 Å². The van der Waals surface area contributed by atoms with Crippen molar-refractivity contribution in [2.24, 2.45) is 0 Å². The van der Waals surface area contributed by atoms with Crippen LogP contribution in [0.1, 0.15) is 39.0 Å². The van der Waals surface area contributed by atoms with E-state index in [4.69, 9.17) is 4.74 Å². The molecule has 2 aliphatic heterocycles. The number of hydrogen-bond donors (Lipinski definition) is 1. The number of likely N-dealkylation sites (tertiary alicyclic amines) is 1. The Kier molecular flexibility index (Phi) is 4.05. The van der Waals surface area contributed by atoms with Crippen molar-refractivity contribution in [3.63, 3.8) is 0 Å². The number of nitrogens with zero attached hydrogens (tertiary/aromatic N) is 1. The van der Waals surface area contributed by atoms with Gasteiger partial charge in [0.15, 0.2) is 0 Å². The van der Waals surface area contributed by atoms with Crippen molar-refractivity contribution in [1.82, 2.24) is 10.2 Å². The van der Waals surface area contributed by atoms with Crippen molar-refractivity contribution in [3.05, 3.63) is 0 Å². The summed E-state index contributed by atoms with van der Waals surface area (Å²) in [6.45, 7) is 4.70. The molecule has 0 bridgehead atoms. The molecule has 0 aromatic heterocycles. The lowest BCUT2D eigenvalue weighted by atomic mass is 9.93. The number of amides is 1. The molecular formula is C13H24N2O2. The fraction of sp³-hybridized carbons (Fsp3) is 0.923. The van der Waals surface area contributed by atoms with Crippen LogP contribution in [0.15, 0.2) is 0 Å². The van der Waals surface area contributed by atoms with Gasteiger partial charge in [-0.2, -0.15) is 0 Å². The fourth-order valence-electron chi connectivity index (χ4n) is 2.84. The summed E-state index contributed by atoms with van der Waals surface area (Å²) in [4.78, 5) is 14.3. The van der Waals surface area contributed by atoms with Gasteiger partial charge < -0.3 is 15.0 Å². The summed E-state index contributed by atoms with van der Waals surface area (Å²) in [6, 6.07) is 0.0444. The quantitative estimate of drug-likeness (QED) is 0.787. The van der Waals surface area contributed by atoms with Gasteiger partial charge in [-0.25, -0.2) is 0 Å². The molecule has 2 atom stereocenters. The first-order valence-corrected chi connectivity index (χ1v) is 6.72. The highest BCUT2D eigenvalue weighted by molar-refractivity contribution is 5.82. The lowest BCUT2D eigenvalue weighted by Crippen LogP contribution is -2.55. The molecule has 4 heteroatoms. The summed E-state index contributed by atoms with van der Waals surface area (Å²) in [5.41, 5.74) is -0.150. The van der Waals surface area contributed by atoms with Crippen LogP contribution in [0.4, 0.5) is 0 Å². The number of hydrogen-bond acceptors (Lipinski definition) is 3. The van der Waals surface area contributed by atoms with Gasteiger partial charge in [0.25, 0.3) is 0 Å². The van der Waals surface area contributed by atoms with E-state index in [-0.39, 0.29) is 17.6 Å². The third-order valence-electron chi connectivity index (χ3n) is 4.07. The lowest BCUT2D eigenvalue weighted by molar-refractivity contribution is -0.142. The number of carbonyl (C=O) groups is 1. The summed E-state index contributed by atoms with van der Waals surface area (Å²) in [6.07, 6.45) is 5.44. The van der Waals surface area contributed by atoms with E-state index in [1.54, 1.807) is 7.11 Å². The summed E-state index contributed by atoms with van der Waals surface area (Å²) < 4.78 is 5.53. The second-order valence-corrected chi connectivity index (χ2v) is 5.52. The standard InChI is InChI=1S/C13H24N2O2/c1-13(17-2)7-5-9-15(10-13)12(16)11-6-3-4-8-14-11/h11,14H,3-10H2,1-2H3/t11-,13?/m1/s1. The third-order valence-corrected chi connectivity index (χ3v) is 4.07. The third kappa shape index (κ3) is 2.99. The van der Waals surface area contributed by atoms with Crippen molar-refractivity contribution in [2.45, 2.75) is 50.7 Å². The Bertz CT molecular complexity index is 277. The molecule has 0 aromatic carbocycles. The van der Waals surface area contributed by atoms with E-state index in [0.29, 0.717) is 0 Å². The molecule has 2 heterocycles. The molecule has 1 unspecified atom stereocenters. The zero-order chi connectivity index (χ0) is 12.3. The van der Waals surface area contributed by atoms with Crippen LogP contribution in [0.5, 0.6) is 0 Å². The van der Waals surface area contributed by atoms with Crippen LogP contribution >= 0.6 is 0 Å². The normalized spacial score (nSPS) is 34.7. The molecule has 0 spiro atoms. The average Bonchev–Trinajstić information content (AvgIpc) is 2.39. The molecule has 2 fully saturated rings. The van der Waals surface area contributed by atoms with Gasteiger partial charge in [0.05, 0.1) is 11.6 Å². The zero-order valence-electron chi connectivity index (χ0n) is 11.0. The number of carbonyl (C=O) groups excluding carboxylic acids is 1. The molecule has 0 aromatic rings. The molecule has 0 radical (unpaired) electrons. The minimum absolute atomic E-state index is 0.0444. The van der Waals surface area contributed by atoms with Crippen LogP contribution in [0.25, 0.3) is 0 Å². The van der Waals surface area contributed by atoms with E-state index in [9.17, 15) is 4.79 Å². The van der Waals surface area contributed by atoms with Gasteiger partial charge in [-0.1, -0.05) is 6.42 Å². The van der Waals surface area contributed by atoms with E-state index in [1.807, 2.05) is 4.90 Å². The van der Waals surface area contributed by atoms with E-state index < -0.39 is 0 Å². The summed E-state index contributed by atoms with van der Waals surface area (Å²) in [7, 11) is 1.74.